The SMILES string of the molecule is Cc1ccc(C)c2sc(NC(=O)c3ccc(S(=O)(=O)N4CCC(C)CC4)cc3)nc12. The summed E-state index contributed by atoms with van der Waals surface area (Å²) in [7, 11) is -3.52. The second-order valence-electron chi connectivity index (χ2n) is 7.96. The van der Waals surface area contributed by atoms with Crippen molar-refractivity contribution in [2.75, 3.05) is 18.4 Å². The van der Waals surface area contributed by atoms with Crippen molar-refractivity contribution >= 4 is 42.6 Å². The van der Waals surface area contributed by atoms with Crippen LogP contribution >= 0.6 is 11.3 Å². The van der Waals surface area contributed by atoms with Crippen molar-refractivity contribution in [3.05, 3.63) is 53.1 Å². The average molecular weight is 444 g/mol. The number of carbonyl (C=O) groups is 1. The third kappa shape index (κ3) is 3.99. The third-order valence-electron chi connectivity index (χ3n) is 5.66. The molecular weight excluding hydrogens is 418 g/mol. The van der Waals surface area contributed by atoms with Gasteiger partial charge < -0.3 is 0 Å². The van der Waals surface area contributed by atoms with Crippen LogP contribution < -0.4 is 5.32 Å². The van der Waals surface area contributed by atoms with Crippen LogP contribution in [0, 0.1) is 19.8 Å². The first-order valence-electron chi connectivity index (χ1n) is 10.0. The highest BCUT2D eigenvalue weighted by Crippen LogP contribution is 2.31. The maximum atomic E-state index is 12.8. The van der Waals surface area contributed by atoms with Gasteiger partial charge in [0.2, 0.25) is 10.0 Å². The van der Waals surface area contributed by atoms with Crippen molar-refractivity contribution in [1.82, 2.24) is 9.29 Å². The molecule has 1 N–H and O–H groups in total. The number of aryl methyl sites for hydroxylation is 2. The Morgan fingerprint density at radius 3 is 2.33 bits per heavy atom. The number of anilines is 1. The van der Waals surface area contributed by atoms with Crippen LogP contribution in [-0.2, 0) is 10.0 Å². The highest BCUT2D eigenvalue weighted by Gasteiger charge is 2.28. The third-order valence-corrected chi connectivity index (χ3v) is 8.68. The van der Waals surface area contributed by atoms with Crippen molar-refractivity contribution in [1.29, 1.82) is 0 Å². The molecule has 8 heteroatoms. The molecule has 0 unspecified atom stereocenters. The molecule has 2 aromatic carbocycles. The molecular formula is C22H25N3O3S2. The lowest BCUT2D eigenvalue weighted by Gasteiger charge is -2.29. The molecule has 0 aliphatic carbocycles. The van der Waals surface area contributed by atoms with E-state index in [4.69, 9.17) is 0 Å². The number of sulfonamides is 1. The molecule has 1 fully saturated rings. The van der Waals surface area contributed by atoms with E-state index >= 15 is 0 Å². The van der Waals surface area contributed by atoms with E-state index < -0.39 is 10.0 Å². The molecule has 0 saturated carbocycles. The van der Waals surface area contributed by atoms with E-state index in [0.717, 1.165) is 34.2 Å². The summed E-state index contributed by atoms with van der Waals surface area (Å²) >= 11 is 1.44. The van der Waals surface area contributed by atoms with Crippen LogP contribution in [-0.4, -0.2) is 36.7 Å². The number of fused-ring (bicyclic) bond motifs is 1. The summed E-state index contributed by atoms with van der Waals surface area (Å²) < 4.78 is 28.3. The zero-order valence-corrected chi connectivity index (χ0v) is 18.9. The van der Waals surface area contributed by atoms with E-state index in [-0.39, 0.29) is 10.8 Å². The first-order valence-corrected chi connectivity index (χ1v) is 12.3. The summed E-state index contributed by atoms with van der Waals surface area (Å²) in [5.41, 5.74) is 3.48. The minimum atomic E-state index is -3.52. The van der Waals surface area contributed by atoms with Gasteiger partial charge in [-0.2, -0.15) is 4.31 Å². The Labute approximate surface area is 181 Å². The van der Waals surface area contributed by atoms with Gasteiger partial charge in [0, 0.05) is 18.7 Å². The zero-order chi connectivity index (χ0) is 21.5. The molecule has 1 aliphatic rings. The zero-order valence-electron chi connectivity index (χ0n) is 17.3. The Hall–Kier alpha value is -2.29. The summed E-state index contributed by atoms with van der Waals surface area (Å²) in [6.07, 6.45) is 1.75. The normalized spacial score (nSPS) is 16.1. The Kier molecular flexibility index (Phi) is 5.65. The smallest absolute Gasteiger partial charge is 0.257 e. The number of thiazole rings is 1. The number of carbonyl (C=O) groups excluding carboxylic acids is 1. The summed E-state index contributed by atoms with van der Waals surface area (Å²) in [5, 5.41) is 3.37. The number of aromatic nitrogens is 1. The molecule has 30 heavy (non-hydrogen) atoms. The van der Waals surface area contributed by atoms with Gasteiger partial charge in [-0.05, 0) is 68.0 Å². The Morgan fingerprint density at radius 1 is 1.07 bits per heavy atom. The number of benzene rings is 2. The van der Waals surface area contributed by atoms with E-state index in [9.17, 15) is 13.2 Å². The van der Waals surface area contributed by atoms with Crippen LogP contribution in [0.1, 0.15) is 41.3 Å². The van der Waals surface area contributed by atoms with E-state index in [2.05, 4.69) is 17.2 Å². The molecule has 2 heterocycles. The maximum absolute atomic E-state index is 12.8. The molecule has 6 nitrogen and oxygen atoms in total. The van der Waals surface area contributed by atoms with Gasteiger partial charge in [0.25, 0.3) is 5.91 Å². The van der Waals surface area contributed by atoms with Gasteiger partial charge in [-0.25, -0.2) is 13.4 Å². The molecule has 1 aromatic heterocycles. The number of hydrogen-bond donors (Lipinski definition) is 1. The summed E-state index contributed by atoms with van der Waals surface area (Å²) in [4.78, 5) is 17.4. The fraction of sp³-hybridized carbons (Fsp3) is 0.364. The molecule has 0 spiro atoms. The van der Waals surface area contributed by atoms with E-state index in [1.54, 1.807) is 12.1 Å². The highest BCUT2D eigenvalue weighted by atomic mass is 32.2. The fourth-order valence-corrected chi connectivity index (χ4v) is 6.11. The van der Waals surface area contributed by atoms with Crippen LogP contribution in [0.3, 0.4) is 0 Å². The van der Waals surface area contributed by atoms with Crippen molar-refractivity contribution in [3.63, 3.8) is 0 Å². The van der Waals surface area contributed by atoms with Crippen molar-refractivity contribution in [3.8, 4) is 0 Å². The Bertz CT molecular complexity index is 1150. The first kappa shape index (κ1) is 21.0. The van der Waals surface area contributed by atoms with Crippen LogP contribution in [0.5, 0.6) is 0 Å². The molecule has 0 atom stereocenters. The summed E-state index contributed by atoms with van der Waals surface area (Å²) in [6, 6.07) is 10.2. The maximum Gasteiger partial charge on any atom is 0.257 e. The van der Waals surface area contributed by atoms with Crippen LogP contribution in [0.2, 0.25) is 0 Å². The molecule has 3 aromatic rings. The molecule has 4 rings (SSSR count). The summed E-state index contributed by atoms with van der Waals surface area (Å²) in [5.74, 6) is 0.248. The second-order valence-corrected chi connectivity index (χ2v) is 10.9. The van der Waals surface area contributed by atoms with Crippen LogP contribution in [0.4, 0.5) is 5.13 Å². The number of hydrogen-bond acceptors (Lipinski definition) is 5. The summed E-state index contributed by atoms with van der Waals surface area (Å²) in [6.45, 7) is 7.25. The Balaban J connectivity index is 1.51. The molecule has 0 radical (unpaired) electrons. The van der Waals surface area contributed by atoms with Gasteiger partial charge in [0.1, 0.15) is 0 Å². The predicted octanol–water partition coefficient (Wildman–Crippen LogP) is 4.59. The number of rotatable bonds is 4. The monoisotopic (exact) mass is 443 g/mol. The van der Waals surface area contributed by atoms with Crippen molar-refractivity contribution < 1.29 is 13.2 Å². The minimum absolute atomic E-state index is 0.222. The number of nitrogens with zero attached hydrogens (tertiary/aromatic N) is 2. The van der Waals surface area contributed by atoms with Gasteiger partial charge in [-0.1, -0.05) is 30.4 Å². The molecule has 1 amide bonds. The lowest BCUT2D eigenvalue weighted by Crippen LogP contribution is -2.37. The number of piperidine rings is 1. The van der Waals surface area contributed by atoms with E-state index in [1.165, 1.54) is 27.8 Å². The standard InChI is InChI=1S/C22H25N3O3S2/c1-14-10-12-25(13-11-14)30(27,28)18-8-6-17(7-9-18)21(26)24-22-23-19-15(2)4-5-16(3)20(19)29-22/h4-9,14H,10-13H2,1-3H3,(H,23,24,26). The minimum Gasteiger partial charge on any atom is -0.298 e. The van der Waals surface area contributed by atoms with Gasteiger partial charge in [0.15, 0.2) is 5.13 Å². The van der Waals surface area contributed by atoms with Crippen molar-refractivity contribution in [2.45, 2.75) is 38.5 Å². The second kappa shape index (κ2) is 8.09. The van der Waals surface area contributed by atoms with Gasteiger partial charge in [0.05, 0.1) is 15.1 Å². The number of amides is 1. The van der Waals surface area contributed by atoms with E-state index in [1.807, 2.05) is 26.0 Å². The predicted molar refractivity (Wildman–Crippen MR) is 121 cm³/mol. The molecule has 1 saturated heterocycles. The topological polar surface area (TPSA) is 79.4 Å². The quantitative estimate of drug-likeness (QED) is 0.640. The lowest BCUT2D eigenvalue weighted by atomic mass is 10.0. The first-order chi connectivity index (χ1) is 14.3. The van der Waals surface area contributed by atoms with Crippen molar-refractivity contribution in [2.24, 2.45) is 5.92 Å². The molecule has 1 aliphatic heterocycles. The average Bonchev–Trinajstić information content (AvgIpc) is 3.16. The molecule has 158 valence electrons. The fourth-order valence-electron chi connectivity index (χ4n) is 3.63. The van der Waals surface area contributed by atoms with Gasteiger partial charge in [-0.15, -0.1) is 0 Å². The molecule has 0 bridgehead atoms. The van der Waals surface area contributed by atoms with E-state index in [0.29, 0.717) is 29.7 Å². The van der Waals surface area contributed by atoms with Gasteiger partial charge in [-0.3, -0.25) is 10.1 Å². The Morgan fingerprint density at radius 2 is 1.70 bits per heavy atom. The number of nitrogens with one attached hydrogen (secondary N) is 1. The highest BCUT2D eigenvalue weighted by molar-refractivity contribution is 7.89. The van der Waals surface area contributed by atoms with Crippen LogP contribution in [0.15, 0.2) is 41.3 Å². The largest absolute Gasteiger partial charge is 0.298 e. The van der Waals surface area contributed by atoms with Crippen LogP contribution in [0.25, 0.3) is 10.2 Å². The lowest BCUT2D eigenvalue weighted by molar-refractivity contribution is 0.102. The van der Waals surface area contributed by atoms with Gasteiger partial charge >= 0.3 is 0 Å².